The van der Waals surface area contributed by atoms with Crippen LogP contribution in [0.5, 0.6) is 0 Å². The quantitative estimate of drug-likeness (QED) is 0.727. The molecule has 7 nitrogen and oxygen atoms in total. The molecular weight excluding hydrogens is 318 g/mol. The lowest BCUT2D eigenvalue weighted by Gasteiger charge is -2.23. The van der Waals surface area contributed by atoms with Gasteiger partial charge in [0.2, 0.25) is 5.89 Å². The maximum absolute atomic E-state index is 12.8. The van der Waals surface area contributed by atoms with Crippen molar-refractivity contribution in [1.29, 1.82) is 0 Å². The Balaban J connectivity index is 1.41. The first-order valence-electron chi connectivity index (χ1n) is 8.45. The van der Waals surface area contributed by atoms with Gasteiger partial charge in [0.25, 0.3) is 5.91 Å². The lowest BCUT2D eigenvalue weighted by molar-refractivity contribution is 0.0779. The minimum absolute atomic E-state index is 0.0926. The summed E-state index contributed by atoms with van der Waals surface area (Å²) in [5.74, 6) is 1.35. The average Bonchev–Trinajstić information content (AvgIpc) is 3.33. The fourth-order valence-corrected chi connectivity index (χ4v) is 3.40. The highest BCUT2D eigenvalue weighted by molar-refractivity contribution is 5.95. The minimum atomic E-state index is 0.0926. The Morgan fingerprint density at radius 3 is 3.08 bits per heavy atom. The molecule has 0 bridgehead atoms. The van der Waals surface area contributed by atoms with Gasteiger partial charge in [-0.3, -0.25) is 9.69 Å². The number of likely N-dealkylation sites (N-methyl/N-ethyl adjacent to an activating group) is 1. The maximum atomic E-state index is 12.8. The fourth-order valence-electron chi connectivity index (χ4n) is 3.40. The highest BCUT2D eigenvalue weighted by Crippen LogP contribution is 2.20. The van der Waals surface area contributed by atoms with Gasteiger partial charge in [0, 0.05) is 44.0 Å². The molecule has 4 heterocycles. The van der Waals surface area contributed by atoms with Crippen LogP contribution < -0.4 is 0 Å². The SMILES string of the molecule is Cc1nc(CN(C)C2CCN(C(=O)c3cc4ccccn4c3)C2)no1. The van der Waals surface area contributed by atoms with Gasteiger partial charge in [-0.15, -0.1) is 0 Å². The van der Waals surface area contributed by atoms with E-state index in [-0.39, 0.29) is 5.91 Å². The van der Waals surface area contributed by atoms with Crippen LogP contribution in [0.2, 0.25) is 0 Å². The van der Waals surface area contributed by atoms with E-state index >= 15 is 0 Å². The van der Waals surface area contributed by atoms with E-state index in [4.69, 9.17) is 4.52 Å². The fraction of sp³-hybridized carbons (Fsp3) is 0.389. The smallest absolute Gasteiger partial charge is 0.255 e. The summed E-state index contributed by atoms with van der Waals surface area (Å²) in [6, 6.07) is 8.19. The number of amides is 1. The maximum Gasteiger partial charge on any atom is 0.255 e. The number of hydrogen-bond acceptors (Lipinski definition) is 5. The number of nitrogens with zero attached hydrogens (tertiary/aromatic N) is 5. The first-order chi connectivity index (χ1) is 12.1. The third kappa shape index (κ3) is 3.15. The molecule has 4 rings (SSSR count). The Labute approximate surface area is 145 Å². The molecular formula is C18H21N5O2. The van der Waals surface area contributed by atoms with Crippen LogP contribution in [-0.2, 0) is 6.54 Å². The minimum Gasteiger partial charge on any atom is -0.340 e. The van der Waals surface area contributed by atoms with E-state index in [0.29, 0.717) is 24.3 Å². The average molecular weight is 339 g/mol. The molecule has 1 aliphatic rings. The number of fused-ring (bicyclic) bond motifs is 1. The van der Waals surface area contributed by atoms with Crippen molar-refractivity contribution in [2.24, 2.45) is 0 Å². The van der Waals surface area contributed by atoms with Crippen LogP contribution in [-0.4, -0.2) is 56.4 Å². The first kappa shape index (κ1) is 15.8. The van der Waals surface area contributed by atoms with Crippen molar-refractivity contribution in [3.05, 3.63) is 53.9 Å². The Kier molecular flexibility index (Phi) is 4.01. The summed E-state index contributed by atoms with van der Waals surface area (Å²) in [7, 11) is 2.04. The van der Waals surface area contributed by atoms with Crippen molar-refractivity contribution < 1.29 is 9.32 Å². The van der Waals surface area contributed by atoms with Gasteiger partial charge >= 0.3 is 0 Å². The van der Waals surface area contributed by atoms with E-state index < -0.39 is 0 Å². The summed E-state index contributed by atoms with van der Waals surface area (Å²) in [5, 5.41) is 3.94. The van der Waals surface area contributed by atoms with E-state index in [0.717, 1.165) is 30.6 Å². The molecule has 1 amide bonds. The standard InChI is InChI=1S/C18H21N5O2/c1-13-19-17(20-25-13)12-21(2)16-6-8-23(11-16)18(24)14-9-15-5-3-4-7-22(15)10-14/h3-5,7,9-10,16H,6,8,11-12H2,1-2H3. The molecule has 0 saturated carbocycles. The van der Waals surface area contributed by atoms with Crippen LogP contribution in [0.1, 0.15) is 28.5 Å². The third-order valence-corrected chi connectivity index (χ3v) is 4.79. The summed E-state index contributed by atoms with van der Waals surface area (Å²) in [6.07, 6.45) is 4.81. The summed E-state index contributed by atoms with van der Waals surface area (Å²) in [5.41, 5.74) is 1.77. The summed E-state index contributed by atoms with van der Waals surface area (Å²) in [6.45, 7) is 3.90. The topological polar surface area (TPSA) is 66.9 Å². The normalized spacial score (nSPS) is 17.7. The molecule has 0 N–H and O–H groups in total. The van der Waals surface area contributed by atoms with E-state index in [1.807, 2.05) is 53.0 Å². The molecule has 3 aromatic heterocycles. The number of aryl methyl sites for hydroxylation is 1. The molecule has 1 fully saturated rings. The molecule has 25 heavy (non-hydrogen) atoms. The molecule has 130 valence electrons. The zero-order valence-electron chi connectivity index (χ0n) is 14.4. The second-order valence-corrected chi connectivity index (χ2v) is 6.60. The van der Waals surface area contributed by atoms with Crippen LogP contribution in [0.25, 0.3) is 5.52 Å². The molecule has 1 saturated heterocycles. The van der Waals surface area contributed by atoms with E-state index in [9.17, 15) is 4.79 Å². The Bertz CT molecular complexity index is 867. The summed E-state index contributed by atoms with van der Waals surface area (Å²) < 4.78 is 7.00. The van der Waals surface area contributed by atoms with Crippen molar-refractivity contribution in [1.82, 2.24) is 24.3 Å². The summed E-state index contributed by atoms with van der Waals surface area (Å²) in [4.78, 5) is 21.2. The summed E-state index contributed by atoms with van der Waals surface area (Å²) >= 11 is 0. The molecule has 1 unspecified atom stereocenters. The predicted octanol–water partition coefficient (Wildman–Crippen LogP) is 1.98. The Morgan fingerprint density at radius 1 is 1.44 bits per heavy atom. The van der Waals surface area contributed by atoms with Crippen LogP contribution in [0.15, 0.2) is 41.2 Å². The highest BCUT2D eigenvalue weighted by Gasteiger charge is 2.30. The molecule has 0 aliphatic carbocycles. The number of carbonyl (C=O) groups is 1. The zero-order valence-corrected chi connectivity index (χ0v) is 14.4. The monoisotopic (exact) mass is 339 g/mol. The van der Waals surface area contributed by atoms with Gasteiger partial charge in [-0.1, -0.05) is 11.2 Å². The molecule has 0 spiro atoms. The molecule has 0 radical (unpaired) electrons. The van der Waals surface area contributed by atoms with Gasteiger partial charge in [0.15, 0.2) is 5.82 Å². The third-order valence-electron chi connectivity index (χ3n) is 4.79. The van der Waals surface area contributed by atoms with Gasteiger partial charge in [-0.25, -0.2) is 0 Å². The number of pyridine rings is 1. The van der Waals surface area contributed by atoms with Crippen molar-refractivity contribution in [2.75, 3.05) is 20.1 Å². The van der Waals surface area contributed by atoms with Crippen molar-refractivity contribution in [2.45, 2.75) is 25.9 Å². The van der Waals surface area contributed by atoms with Crippen molar-refractivity contribution in [3.8, 4) is 0 Å². The number of aromatic nitrogens is 3. The second-order valence-electron chi connectivity index (χ2n) is 6.60. The zero-order chi connectivity index (χ0) is 17.4. The number of rotatable bonds is 4. The molecule has 3 aromatic rings. The van der Waals surface area contributed by atoms with Gasteiger partial charge in [0.05, 0.1) is 12.1 Å². The Hall–Kier alpha value is -2.67. The van der Waals surface area contributed by atoms with Crippen molar-refractivity contribution in [3.63, 3.8) is 0 Å². The molecule has 1 aliphatic heterocycles. The van der Waals surface area contributed by atoms with Gasteiger partial charge in [-0.05, 0) is 31.7 Å². The van der Waals surface area contributed by atoms with Crippen LogP contribution in [0, 0.1) is 6.92 Å². The first-order valence-corrected chi connectivity index (χ1v) is 8.45. The molecule has 1 atom stereocenters. The van der Waals surface area contributed by atoms with Crippen LogP contribution in [0.4, 0.5) is 0 Å². The van der Waals surface area contributed by atoms with E-state index in [2.05, 4.69) is 15.0 Å². The van der Waals surface area contributed by atoms with Gasteiger partial charge in [0.1, 0.15) is 0 Å². The van der Waals surface area contributed by atoms with Gasteiger partial charge < -0.3 is 13.8 Å². The second kappa shape index (κ2) is 6.33. The van der Waals surface area contributed by atoms with Crippen molar-refractivity contribution >= 4 is 11.4 Å². The largest absolute Gasteiger partial charge is 0.340 e. The van der Waals surface area contributed by atoms with Crippen LogP contribution in [0.3, 0.4) is 0 Å². The molecule has 7 heteroatoms. The Morgan fingerprint density at radius 2 is 2.32 bits per heavy atom. The lowest BCUT2D eigenvalue weighted by atomic mass is 10.2. The molecule has 0 aromatic carbocycles. The number of carbonyl (C=O) groups excluding carboxylic acids is 1. The van der Waals surface area contributed by atoms with E-state index in [1.165, 1.54) is 0 Å². The predicted molar refractivity (Wildman–Crippen MR) is 92.2 cm³/mol. The van der Waals surface area contributed by atoms with Crippen LogP contribution >= 0.6 is 0 Å². The highest BCUT2D eigenvalue weighted by atomic mass is 16.5. The van der Waals surface area contributed by atoms with E-state index in [1.54, 1.807) is 6.92 Å². The number of likely N-dealkylation sites (tertiary alicyclic amines) is 1. The van der Waals surface area contributed by atoms with Gasteiger partial charge in [-0.2, -0.15) is 4.98 Å². The lowest BCUT2D eigenvalue weighted by Crippen LogP contribution is -2.36. The number of hydrogen-bond donors (Lipinski definition) is 0.